The quantitative estimate of drug-likeness (QED) is 0.525. The maximum Gasteiger partial charge on any atom is 0.226 e. The predicted molar refractivity (Wildman–Crippen MR) is 106 cm³/mol. The summed E-state index contributed by atoms with van der Waals surface area (Å²) in [5.41, 5.74) is 3.56. The van der Waals surface area contributed by atoms with Crippen LogP contribution in [0.3, 0.4) is 0 Å². The summed E-state index contributed by atoms with van der Waals surface area (Å²) in [5.74, 6) is 1.51. The number of hydrogen-bond donors (Lipinski definition) is 1. The fourth-order valence-electron chi connectivity index (χ4n) is 3.27. The molecule has 3 heterocycles. The first-order valence-electron chi connectivity index (χ1n) is 8.78. The number of anilines is 1. The zero-order chi connectivity index (χ0) is 19.0. The van der Waals surface area contributed by atoms with Gasteiger partial charge in [-0.15, -0.1) is 0 Å². The molecule has 8 heteroatoms. The number of para-hydroxylation sites is 1. The van der Waals surface area contributed by atoms with Gasteiger partial charge in [-0.3, -0.25) is 0 Å². The topological polar surface area (TPSA) is 73.5 Å². The molecule has 0 spiro atoms. The van der Waals surface area contributed by atoms with E-state index >= 15 is 0 Å². The molecule has 0 aliphatic carbocycles. The normalized spacial score (nSPS) is 11.4. The van der Waals surface area contributed by atoms with Crippen molar-refractivity contribution in [2.75, 3.05) is 5.32 Å². The van der Waals surface area contributed by atoms with Crippen LogP contribution in [0.4, 0.5) is 5.82 Å². The molecule has 7 nitrogen and oxygen atoms in total. The van der Waals surface area contributed by atoms with Crippen LogP contribution in [0.15, 0.2) is 42.7 Å². The van der Waals surface area contributed by atoms with Crippen molar-refractivity contribution in [1.82, 2.24) is 29.3 Å². The Labute approximate surface area is 162 Å². The number of nitrogens with one attached hydrogen (secondary N) is 1. The lowest BCUT2D eigenvalue weighted by Gasteiger charge is -2.12. The van der Waals surface area contributed by atoms with E-state index in [4.69, 9.17) is 11.6 Å². The first kappa shape index (κ1) is 17.5. The molecule has 0 bridgehead atoms. The van der Waals surface area contributed by atoms with Gasteiger partial charge in [0.1, 0.15) is 5.82 Å². The molecular weight excluding hydrogens is 362 g/mol. The second kappa shape index (κ2) is 7.00. The number of aromatic nitrogens is 6. The average molecular weight is 382 g/mol. The fourth-order valence-corrected chi connectivity index (χ4v) is 3.44. The van der Waals surface area contributed by atoms with Gasteiger partial charge in [0, 0.05) is 25.0 Å². The van der Waals surface area contributed by atoms with Crippen molar-refractivity contribution in [2.24, 2.45) is 0 Å². The molecule has 4 aromatic rings. The van der Waals surface area contributed by atoms with Crippen molar-refractivity contribution in [3.8, 4) is 5.69 Å². The van der Waals surface area contributed by atoms with Crippen molar-refractivity contribution in [1.29, 1.82) is 0 Å². The largest absolute Gasteiger partial charge is 0.364 e. The molecule has 4 rings (SSSR count). The van der Waals surface area contributed by atoms with E-state index in [0.29, 0.717) is 12.4 Å². The Balaban J connectivity index is 1.71. The third kappa shape index (κ3) is 3.26. The highest BCUT2D eigenvalue weighted by Gasteiger charge is 2.17. The number of hydrogen-bond acceptors (Lipinski definition) is 5. The lowest BCUT2D eigenvalue weighted by Crippen LogP contribution is -2.08. The van der Waals surface area contributed by atoms with Crippen LogP contribution in [0.25, 0.3) is 16.9 Å². The highest BCUT2D eigenvalue weighted by molar-refractivity contribution is 6.28. The van der Waals surface area contributed by atoms with Crippen LogP contribution in [0.2, 0.25) is 5.28 Å². The Morgan fingerprint density at radius 2 is 1.93 bits per heavy atom. The van der Waals surface area contributed by atoms with Gasteiger partial charge in [-0.2, -0.15) is 15.1 Å². The second-order valence-corrected chi connectivity index (χ2v) is 6.91. The molecule has 0 atom stereocenters. The van der Waals surface area contributed by atoms with Crippen LogP contribution in [-0.4, -0.2) is 29.3 Å². The summed E-state index contributed by atoms with van der Waals surface area (Å²) in [7, 11) is 0. The zero-order valence-corrected chi connectivity index (χ0v) is 16.1. The fraction of sp³-hybridized carbons (Fsp3) is 0.263. The molecule has 1 aromatic carbocycles. The van der Waals surface area contributed by atoms with E-state index < -0.39 is 0 Å². The standard InChI is InChI=1S/C19H20ClN7/c1-12(2)27-13(3)23-16-17(24-19(20)25-18(16)27)21-11-14-7-4-5-8-15(14)26-10-6-9-22-26/h4-10,12H,11H2,1-3H3,(H,21,24,25). The highest BCUT2D eigenvalue weighted by Crippen LogP contribution is 2.26. The molecule has 0 unspecified atom stereocenters. The van der Waals surface area contributed by atoms with Gasteiger partial charge in [0.15, 0.2) is 17.0 Å². The number of fused-ring (bicyclic) bond motifs is 1. The minimum absolute atomic E-state index is 0.201. The molecule has 0 saturated heterocycles. The summed E-state index contributed by atoms with van der Waals surface area (Å²) in [6.45, 7) is 6.72. The zero-order valence-electron chi connectivity index (χ0n) is 15.4. The van der Waals surface area contributed by atoms with Crippen molar-refractivity contribution in [3.05, 3.63) is 59.4 Å². The first-order chi connectivity index (χ1) is 13.0. The van der Waals surface area contributed by atoms with Crippen molar-refractivity contribution >= 4 is 28.6 Å². The lowest BCUT2D eigenvalue weighted by atomic mass is 10.2. The Bertz CT molecular complexity index is 1080. The predicted octanol–water partition coefficient (Wildman–Crippen LogP) is 4.17. The Morgan fingerprint density at radius 3 is 2.67 bits per heavy atom. The van der Waals surface area contributed by atoms with Gasteiger partial charge in [0.2, 0.25) is 5.28 Å². The van der Waals surface area contributed by atoms with Gasteiger partial charge in [0.25, 0.3) is 0 Å². The molecule has 27 heavy (non-hydrogen) atoms. The van der Waals surface area contributed by atoms with Gasteiger partial charge in [0.05, 0.1) is 5.69 Å². The van der Waals surface area contributed by atoms with Gasteiger partial charge >= 0.3 is 0 Å². The van der Waals surface area contributed by atoms with Crippen LogP contribution in [-0.2, 0) is 6.54 Å². The molecule has 0 saturated carbocycles. The lowest BCUT2D eigenvalue weighted by molar-refractivity contribution is 0.595. The monoisotopic (exact) mass is 381 g/mol. The van der Waals surface area contributed by atoms with Crippen LogP contribution < -0.4 is 5.32 Å². The maximum absolute atomic E-state index is 6.19. The van der Waals surface area contributed by atoms with E-state index in [1.165, 1.54) is 0 Å². The summed E-state index contributed by atoms with van der Waals surface area (Å²) in [6, 6.07) is 10.2. The number of aryl methyl sites for hydroxylation is 1. The van der Waals surface area contributed by atoms with Crippen LogP contribution >= 0.6 is 11.6 Å². The van der Waals surface area contributed by atoms with E-state index in [-0.39, 0.29) is 11.3 Å². The van der Waals surface area contributed by atoms with Crippen molar-refractivity contribution < 1.29 is 0 Å². The third-order valence-electron chi connectivity index (χ3n) is 4.39. The van der Waals surface area contributed by atoms with Crippen LogP contribution in [0, 0.1) is 6.92 Å². The minimum Gasteiger partial charge on any atom is -0.364 e. The number of benzene rings is 1. The maximum atomic E-state index is 6.19. The Kier molecular flexibility index (Phi) is 4.53. The average Bonchev–Trinajstić information content (AvgIpc) is 3.27. The SMILES string of the molecule is Cc1nc2c(NCc3ccccc3-n3cccn3)nc(Cl)nc2n1C(C)C. The van der Waals surface area contributed by atoms with E-state index in [0.717, 1.165) is 28.2 Å². The van der Waals surface area contributed by atoms with Gasteiger partial charge < -0.3 is 9.88 Å². The summed E-state index contributed by atoms with van der Waals surface area (Å²) in [6.07, 6.45) is 3.69. The van der Waals surface area contributed by atoms with E-state index in [2.05, 4.69) is 49.8 Å². The molecule has 0 aliphatic rings. The first-order valence-corrected chi connectivity index (χ1v) is 9.16. The molecule has 1 N–H and O–H groups in total. The molecule has 0 radical (unpaired) electrons. The van der Waals surface area contributed by atoms with Crippen LogP contribution in [0.1, 0.15) is 31.3 Å². The molecule has 0 fully saturated rings. The molecule has 0 aliphatic heterocycles. The number of nitrogens with zero attached hydrogens (tertiary/aromatic N) is 6. The summed E-state index contributed by atoms with van der Waals surface area (Å²) in [4.78, 5) is 13.4. The van der Waals surface area contributed by atoms with Crippen molar-refractivity contribution in [3.63, 3.8) is 0 Å². The number of rotatable bonds is 5. The molecular formula is C19H20ClN7. The summed E-state index contributed by atoms with van der Waals surface area (Å²) in [5, 5.41) is 7.90. The Morgan fingerprint density at radius 1 is 1.11 bits per heavy atom. The smallest absolute Gasteiger partial charge is 0.226 e. The highest BCUT2D eigenvalue weighted by atomic mass is 35.5. The van der Waals surface area contributed by atoms with E-state index in [1.807, 2.05) is 42.1 Å². The summed E-state index contributed by atoms with van der Waals surface area (Å²) < 4.78 is 3.91. The number of imidazole rings is 1. The molecule has 3 aromatic heterocycles. The second-order valence-electron chi connectivity index (χ2n) is 6.57. The molecule has 138 valence electrons. The third-order valence-corrected chi connectivity index (χ3v) is 4.56. The van der Waals surface area contributed by atoms with Crippen molar-refractivity contribution in [2.45, 2.75) is 33.4 Å². The van der Waals surface area contributed by atoms with E-state index in [9.17, 15) is 0 Å². The van der Waals surface area contributed by atoms with Gasteiger partial charge in [-0.05, 0) is 50.1 Å². The van der Waals surface area contributed by atoms with Gasteiger partial charge in [-0.25, -0.2) is 9.67 Å². The minimum atomic E-state index is 0.201. The van der Waals surface area contributed by atoms with E-state index in [1.54, 1.807) is 6.20 Å². The van der Waals surface area contributed by atoms with Gasteiger partial charge in [-0.1, -0.05) is 18.2 Å². The molecule has 0 amide bonds. The number of halogens is 1. The van der Waals surface area contributed by atoms with Crippen LogP contribution in [0.5, 0.6) is 0 Å². The summed E-state index contributed by atoms with van der Waals surface area (Å²) >= 11 is 6.19. The Hall–Kier alpha value is -2.93.